The Morgan fingerprint density at radius 2 is 2.25 bits per heavy atom. The van der Waals surface area contributed by atoms with E-state index in [9.17, 15) is 15.4 Å². The average molecular weight is 325 g/mol. The molecular formula is C16H15N5O3. The van der Waals surface area contributed by atoms with E-state index in [0.717, 1.165) is 0 Å². The van der Waals surface area contributed by atoms with Crippen molar-refractivity contribution in [3.8, 4) is 6.07 Å². The summed E-state index contributed by atoms with van der Waals surface area (Å²) < 4.78 is 5.69. The van der Waals surface area contributed by atoms with Crippen LogP contribution in [0.5, 0.6) is 0 Å². The van der Waals surface area contributed by atoms with Gasteiger partial charge in [0.15, 0.2) is 0 Å². The van der Waals surface area contributed by atoms with Crippen molar-refractivity contribution in [1.82, 2.24) is 0 Å². The van der Waals surface area contributed by atoms with E-state index in [1.54, 1.807) is 12.1 Å². The predicted molar refractivity (Wildman–Crippen MR) is 88.0 cm³/mol. The summed E-state index contributed by atoms with van der Waals surface area (Å²) in [7, 11) is 0. The number of nitriles is 1. The minimum Gasteiger partial charge on any atom is -0.383 e. The highest BCUT2D eigenvalue weighted by Crippen LogP contribution is 2.33. The number of ether oxygens (including phenoxy) is 1. The Hall–Kier alpha value is -3.18. The predicted octanol–water partition coefficient (Wildman–Crippen LogP) is 2.20. The molecule has 0 aromatic heterocycles. The topological polar surface area (TPSA) is 118 Å². The van der Waals surface area contributed by atoms with Gasteiger partial charge in [-0.05, 0) is 26.0 Å². The summed E-state index contributed by atoms with van der Waals surface area (Å²) in [6.07, 6.45) is 1.81. The molecule has 2 N–H and O–H groups in total. The van der Waals surface area contributed by atoms with Gasteiger partial charge in [0.05, 0.1) is 28.5 Å². The lowest BCUT2D eigenvalue weighted by Crippen LogP contribution is -2.39. The number of rotatable bonds is 2. The maximum Gasteiger partial charge on any atom is 0.271 e. The summed E-state index contributed by atoms with van der Waals surface area (Å²) in [5.41, 5.74) is 7.40. The molecule has 2 aliphatic rings. The van der Waals surface area contributed by atoms with Gasteiger partial charge in [-0.3, -0.25) is 10.1 Å². The second kappa shape index (κ2) is 5.47. The molecule has 0 atom stereocenters. The van der Waals surface area contributed by atoms with Gasteiger partial charge < -0.3 is 10.5 Å². The first kappa shape index (κ1) is 15.7. The summed E-state index contributed by atoms with van der Waals surface area (Å²) in [5, 5.41) is 26.2. The fourth-order valence-corrected chi connectivity index (χ4v) is 2.57. The smallest absolute Gasteiger partial charge is 0.271 e. The van der Waals surface area contributed by atoms with E-state index in [2.05, 4.69) is 11.2 Å². The number of benzene rings is 1. The lowest BCUT2D eigenvalue weighted by molar-refractivity contribution is -0.384. The van der Waals surface area contributed by atoms with E-state index in [1.807, 2.05) is 19.9 Å². The molecule has 2 aliphatic heterocycles. The number of hydrogen-bond acceptors (Lipinski definition) is 7. The van der Waals surface area contributed by atoms with Crippen LogP contribution in [0.2, 0.25) is 0 Å². The number of nitro benzene ring substituents is 1. The lowest BCUT2D eigenvalue weighted by Gasteiger charge is -2.34. The SMILES string of the molecule is CC1(C)C=C2C(=NN(c3cccc([N+](=O)[O-])c3)C(N)=C2C#N)CO1. The van der Waals surface area contributed by atoms with E-state index in [4.69, 9.17) is 10.5 Å². The molecule has 0 aliphatic carbocycles. The summed E-state index contributed by atoms with van der Waals surface area (Å²) in [4.78, 5) is 10.5. The maximum absolute atomic E-state index is 11.0. The molecule has 0 bridgehead atoms. The van der Waals surface area contributed by atoms with Gasteiger partial charge in [0, 0.05) is 17.7 Å². The molecule has 0 saturated heterocycles. The zero-order valence-electron chi connectivity index (χ0n) is 13.2. The van der Waals surface area contributed by atoms with Crippen molar-refractivity contribution in [3.05, 3.63) is 57.4 Å². The number of nitrogens with two attached hydrogens (primary N) is 1. The highest BCUT2D eigenvalue weighted by atomic mass is 16.6. The summed E-state index contributed by atoms with van der Waals surface area (Å²) in [5.74, 6) is 0.130. The summed E-state index contributed by atoms with van der Waals surface area (Å²) in [6, 6.07) is 8.02. The van der Waals surface area contributed by atoms with Crippen molar-refractivity contribution >= 4 is 17.1 Å². The van der Waals surface area contributed by atoms with E-state index in [0.29, 0.717) is 17.0 Å². The van der Waals surface area contributed by atoms with Crippen molar-refractivity contribution in [1.29, 1.82) is 5.26 Å². The minimum atomic E-state index is -0.523. The fourth-order valence-electron chi connectivity index (χ4n) is 2.57. The molecule has 0 amide bonds. The molecule has 1 aromatic rings. The Bertz CT molecular complexity index is 861. The fraction of sp³-hybridized carbons (Fsp3) is 0.250. The Kier molecular flexibility index (Phi) is 3.58. The summed E-state index contributed by atoms with van der Waals surface area (Å²) in [6.45, 7) is 3.99. The van der Waals surface area contributed by atoms with Gasteiger partial charge >= 0.3 is 0 Å². The number of allylic oxidation sites excluding steroid dienone is 1. The van der Waals surface area contributed by atoms with Crippen LogP contribution in [0.4, 0.5) is 11.4 Å². The van der Waals surface area contributed by atoms with Crippen molar-refractivity contribution in [3.63, 3.8) is 0 Å². The quantitative estimate of drug-likeness (QED) is 0.658. The van der Waals surface area contributed by atoms with Gasteiger partial charge in [-0.25, -0.2) is 5.01 Å². The Morgan fingerprint density at radius 1 is 1.50 bits per heavy atom. The van der Waals surface area contributed by atoms with Crippen molar-refractivity contribution in [2.24, 2.45) is 10.8 Å². The molecule has 1 aromatic carbocycles. The first-order valence-corrected chi connectivity index (χ1v) is 7.22. The molecule has 0 fully saturated rings. The molecule has 2 heterocycles. The Morgan fingerprint density at radius 3 is 2.92 bits per heavy atom. The normalized spacial score (nSPS) is 19.1. The second-order valence-corrected chi connectivity index (χ2v) is 5.96. The largest absolute Gasteiger partial charge is 0.383 e. The number of fused-ring (bicyclic) bond motifs is 1. The molecule has 3 rings (SSSR count). The Labute approximate surface area is 138 Å². The van der Waals surface area contributed by atoms with Crippen LogP contribution in [0, 0.1) is 21.4 Å². The number of hydrogen-bond donors (Lipinski definition) is 1. The zero-order chi connectivity index (χ0) is 17.5. The number of nitro groups is 1. The lowest BCUT2D eigenvalue weighted by atomic mass is 9.92. The van der Waals surface area contributed by atoms with Gasteiger partial charge in [0.25, 0.3) is 5.69 Å². The number of anilines is 1. The molecule has 0 unspecified atom stereocenters. The van der Waals surface area contributed by atoms with Gasteiger partial charge in [-0.15, -0.1) is 0 Å². The molecule has 122 valence electrons. The van der Waals surface area contributed by atoms with Crippen molar-refractivity contribution in [2.45, 2.75) is 19.4 Å². The molecule has 0 saturated carbocycles. The standard InChI is InChI=1S/C16H15N5O3/c1-16(2)7-12-13(8-17)15(18)20(19-14(12)9-24-16)10-4-3-5-11(6-10)21(22)23/h3-7H,9,18H2,1-2H3. The van der Waals surface area contributed by atoms with Gasteiger partial charge in [-0.1, -0.05) is 6.07 Å². The molecule has 24 heavy (non-hydrogen) atoms. The van der Waals surface area contributed by atoms with Crippen molar-refractivity contribution < 1.29 is 9.66 Å². The van der Waals surface area contributed by atoms with E-state index >= 15 is 0 Å². The van der Waals surface area contributed by atoms with Crippen LogP contribution < -0.4 is 10.7 Å². The highest BCUT2D eigenvalue weighted by Gasteiger charge is 2.33. The maximum atomic E-state index is 11.0. The molecule has 0 radical (unpaired) electrons. The van der Waals surface area contributed by atoms with Crippen LogP contribution in [0.1, 0.15) is 13.8 Å². The molecule has 8 nitrogen and oxygen atoms in total. The van der Waals surface area contributed by atoms with Crippen LogP contribution >= 0.6 is 0 Å². The number of nitrogens with zero attached hydrogens (tertiary/aromatic N) is 4. The van der Waals surface area contributed by atoms with Crippen LogP contribution in [-0.4, -0.2) is 22.8 Å². The highest BCUT2D eigenvalue weighted by molar-refractivity contribution is 6.08. The molecule has 8 heteroatoms. The average Bonchev–Trinajstić information content (AvgIpc) is 2.54. The number of hydrazone groups is 1. The first-order valence-electron chi connectivity index (χ1n) is 7.22. The van der Waals surface area contributed by atoms with E-state index in [1.165, 1.54) is 17.1 Å². The van der Waals surface area contributed by atoms with Crippen LogP contribution in [0.15, 0.2) is 52.4 Å². The third-order valence-corrected chi connectivity index (χ3v) is 3.76. The number of non-ortho nitro benzene ring substituents is 1. The van der Waals surface area contributed by atoms with Gasteiger partial charge in [0.2, 0.25) is 0 Å². The third-order valence-electron chi connectivity index (χ3n) is 3.76. The van der Waals surface area contributed by atoms with Crippen LogP contribution in [0.3, 0.4) is 0 Å². The van der Waals surface area contributed by atoms with Crippen molar-refractivity contribution in [2.75, 3.05) is 11.6 Å². The zero-order valence-corrected chi connectivity index (χ0v) is 13.2. The monoisotopic (exact) mass is 325 g/mol. The van der Waals surface area contributed by atoms with Crippen LogP contribution in [-0.2, 0) is 4.74 Å². The van der Waals surface area contributed by atoms with Gasteiger partial charge in [-0.2, -0.15) is 10.4 Å². The van der Waals surface area contributed by atoms with Crippen LogP contribution in [0.25, 0.3) is 0 Å². The van der Waals surface area contributed by atoms with E-state index in [-0.39, 0.29) is 23.7 Å². The van der Waals surface area contributed by atoms with E-state index < -0.39 is 10.5 Å². The molecular weight excluding hydrogens is 310 g/mol. The minimum absolute atomic E-state index is 0.0821. The summed E-state index contributed by atoms with van der Waals surface area (Å²) >= 11 is 0. The molecule has 0 spiro atoms. The second-order valence-electron chi connectivity index (χ2n) is 5.96. The van der Waals surface area contributed by atoms with Gasteiger partial charge in [0.1, 0.15) is 17.5 Å². The first-order chi connectivity index (χ1) is 11.3. The Balaban J connectivity index is 2.12. The third kappa shape index (κ3) is 2.61.